The van der Waals surface area contributed by atoms with Gasteiger partial charge in [0.2, 0.25) is 11.8 Å². The Morgan fingerprint density at radius 2 is 2.00 bits per heavy atom. The van der Waals surface area contributed by atoms with Crippen molar-refractivity contribution < 1.29 is 13.9 Å². The summed E-state index contributed by atoms with van der Waals surface area (Å²) in [6, 6.07) is 7.82. The van der Waals surface area contributed by atoms with Crippen molar-refractivity contribution >= 4 is 16.9 Å². The summed E-state index contributed by atoms with van der Waals surface area (Å²) in [5.74, 6) is 0.728. The van der Waals surface area contributed by atoms with Gasteiger partial charge >= 0.3 is 0 Å². The second-order valence-corrected chi connectivity index (χ2v) is 5.93. The minimum atomic E-state index is 0.213. The van der Waals surface area contributed by atoms with Gasteiger partial charge in [-0.15, -0.1) is 0 Å². The molecule has 1 aromatic carbocycles. The highest BCUT2D eigenvalue weighted by molar-refractivity contribution is 5.88. The molecule has 0 atom stereocenters. The van der Waals surface area contributed by atoms with E-state index >= 15 is 0 Å². The first kappa shape index (κ1) is 15.9. The monoisotopic (exact) mass is 340 g/mol. The van der Waals surface area contributed by atoms with Crippen LogP contribution in [0.1, 0.15) is 0 Å². The molecule has 1 fully saturated rings. The van der Waals surface area contributed by atoms with Crippen LogP contribution in [0.15, 0.2) is 41.2 Å². The zero-order valence-corrected chi connectivity index (χ0v) is 13.9. The third-order valence-electron chi connectivity index (χ3n) is 4.28. The summed E-state index contributed by atoms with van der Waals surface area (Å²) in [6.07, 6.45) is 3.36. The number of aromatic nitrogens is 2. The quantitative estimate of drug-likeness (QED) is 0.762. The van der Waals surface area contributed by atoms with Crippen LogP contribution in [0.25, 0.3) is 22.0 Å². The molecule has 7 nitrogen and oxygen atoms in total. The number of nitrogens with zero attached hydrogens (tertiary/aromatic N) is 3. The van der Waals surface area contributed by atoms with E-state index in [2.05, 4.69) is 14.9 Å². The third-order valence-corrected chi connectivity index (χ3v) is 4.28. The maximum atomic E-state index is 5.94. The number of hydrogen-bond donors (Lipinski definition) is 1. The van der Waals surface area contributed by atoms with Gasteiger partial charge in [-0.3, -0.25) is 4.90 Å². The number of anilines is 1. The van der Waals surface area contributed by atoms with Crippen molar-refractivity contribution in [1.82, 2.24) is 14.9 Å². The van der Waals surface area contributed by atoms with Gasteiger partial charge in [0.1, 0.15) is 6.61 Å². The van der Waals surface area contributed by atoms with Crippen LogP contribution in [0.5, 0.6) is 5.88 Å². The normalized spacial score (nSPS) is 15.5. The lowest BCUT2D eigenvalue weighted by Crippen LogP contribution is -2.38. The van der Waals surface area contributed by atoms with E-state index in [0.717, 1.165) is 54.9 Å². The number of rotatable bonds is 5. The number of nitrogens with two attached hydrogens (primary N) is 1. The SMILES string of the molecule is Nc1nc(OCCN2CCOCC2)c2cc(-c3ccoc3)ccc2n1. The molecule has 0 aliphatic carbocycles. The van der Waals surface area contributed by atoms with Crippen LogP contribution in [0, 0.1) is 0 Å². The van der Waals surface area contributed by atoms with Crippen LogP contribution in [0.4, 0.5) is 5.95 Å². The van der Waals surface area contributed by atoms with Crippen molar-refractivity contribution in [3.05, 3.63) is 36.8 Å². The number of benzene rings is 1. The molecule has 7 heteroatoms. The average Bonchev–Trinajstić information content (AvgIpc) is 3.17. The Hall–Kier alpha value is -2.64. The van der Waals surface area contributed by atoms with E-state index in [9.17, 15) is 0 Å². The van der Waals surface area contributed by atoms with Crippen molar-refractivity contribution in [1.29, 1.82) is 0 Å². The standard InChI is InChI=1S/C18H20N4O3/c19-18-20-16-2-1-13(14-3-7-24-12-14)11-15(16)17(21-18)25-10-6-22-4-8-23-9-5-22/h1-3,7,11-12H,4-6,8-10H2,(H2,19,20,21). The molecule has 25 heavy (non-hydrogen) atoms. The zero-order chi connectivity index (χ0) is 17.1. The van der Waals surface area contributed by atoms with Crippen LogP contribution in [-0.4, -0.2) is 54.3 Å². The molecule has 130 valence electrons. The fourth-order valence-corrected chi connectivity index (χ4v) is 2.93. The van der Waals surface area contributed by atoms with Crippen LogP contribution >= 0.6 is 0 Å². The average molecular weight is 340 g/mol. The Morgan fingerprint density at radius 1 is 1.12 bits per heavy atom. The van der Waals surface area contributed by atoms with Crippen LogP contribution in [0.3, 0.4) is 0 Å². The van der Waals surface area contributed by atoms with Crippen molar-refractivity contribution in [2.75, 3.05) is 45.2 Å². The molecule has 3 heterocycles. The lowest BCUT2D eigenvalue weighted by Gasteiger charge is -2.26. The van der Waals surface area contributed by atoms with E-state index in [4.69, 9.17) is 19.6 Å². The molecule has 0 bridgehead atoms. The summed E-state index contributed by atoms with van der Waals surface area (Å²) in [5.41, 5.74) is 8.61. The molecule has 0 spiro atoms. The minimum absolute atomic E-state index is 0.213. The summed E-state index contributed by atoms with van der Waals surface area (Å²) in [5, 5.41) is 0.842. The Kier molecular flexibility index (Phi) is 4.49. The Morgan fingerprint density at radius 3 is 2.80 bits per heavy atom. The number of furan rings is 1. The molecule has 3 aromatic rings. The van der Waals surface area contributed by atoms with E-state index in [1.807, 2.05) is 24.3 Å². The fourth-order valence-electron chi connectivity index (χ4n) is 2.93. The first-order chi connectivity index (χ1) is 12.3. The molecule has 1 aliphatic rings. The molecule has 1 saturated heterocycles. The van der Waals surface area contributed by atoms with Gasteiger partial charge in [-0.05, 0) is 23.8 Å². The van der Waals surface area contributed by atoms with E-state index in [1.54, 1.807) is 12.5 Å². The predicted octanol–water partition coefficient (Wildman–Crippen LogP) is 2.18. The Labute approximate surface area is 145 Å². The van der Waals surface area contributed by atoms with Crippen molar-refractivity contribution in [2.45, 2.75) is 0 Å². The molecular weight excluding hydrogens is 320 g/mol. The summed E-state index contributed by atoms with van der Waals surface area (Å²) in [7, 11) is 0. The van der Waals surface area contributed by atoms with Crippen LogP contribution in [0.2, 0.25) is 0 Å². The topological polar surface area (TPSA) is 86.6 Å². The Balaban J connectivity index is 1.56. The molecule has 0 amide bonds. The first-order valence-corrected chi connectivity index (χ1v) is 8.32. The molecule has 4 rings (SSSR count). The highest BCUT2D eigenvalue weighted by atomic mass is 16.5. The molecule has 1 aliphatic heterocycles. The van der Waals surface area contributed by atoms with E-state index in [-0.39, 0.29) is 5.95 Å². The third kappa shape index (κ3) is 3.57. The number of nitrogen functional groups attached to an aromatic ring is 1. The van der Waals surface area contributed by atoms with Gasteiger partial charge in [0, 0.05) is 25.2 Å². The summed E-state index contributed by atoms with van der Waals surface area (Å²) in [6.45, 7) is 4.79. The summed E-state index contributed by atoms with van der Waals surface area (Å²) < 4.78 is 16.5. The van der Waals surface area contributed by atoms with E-state index in [0.29, 0.717) is 12.5 Å². The number of ether oxygens (including phenoxy) is 2. The van der Waals surface area contributed by atoms with E-state index in [1.165, 1.54) is 0 Å². The lowest BCUT2D eigenvalue weighted by molar-refractivity contribution is 0.0321. The second-order valence-electron chi connectivity index (χ2n) is 5.93. The van der Waals surface area contributed by atoms with Gasteiger partial charge in [-0.1, -0.05) is 6.07 Å². The maximum Gasteiger partial charge on any atom is 0.226 e. The Bertz CT molecular complexity index is 845. The van der Waals surface area contributed by atoms with Crippen molar-refractivity contribution in [3.8, 4) is 17.0 Å². The largest absolute Gasteiger partial charge is 0.476 e. The number of morpholine rings is 1. The van der Waals surface area contributed by atoms with Gasteiger partial charge < -0.3 is 19.6 Å². The van der Waals surface area contributed by atoms with Gasteiger partial charge in [0.15, 0.2) is 0 Å². The van der Waals surface area contributed by atoms with Crippen molar-refractivity contribution in [3.63, 3.8) is 0 Å². The maximum absolute atomic E-state index is 5.94. The van der Waals surface area contributed by atoms with Gasteiger partial charge in [0.25, 0.3) is 0 Å². The number of hydrogen-bond acceptors (Lipinski definition) is 7. The molecule has 0 radical (unpaired) electrons. The summed E-state index contributed by atoms with van der Waals surface area (Å²) in [4.78, 5) is 10.9. The first-order valence-electron chi connectivity index (χ1n) is 8.32. The second kappa shape index (κ2) is 7.08. The van der Waals surface area contributed by atoms with Gasteiger partial charge in [0.05, 0.1) is 36.6 Å². The molecule has 2 N–H and O–H groups in total. The highest BCUT2D eigenvalue weighted by Gasteiger charge is 2.13. The molecule has 0 unspecified atom stereocenters. The predicted molar refractivity (Wildman–Crippen MR) is 94.4 cm³/mol. The van der Waals surface area contributed by atoms with E-state index < -0.39 is 0 Å². The fraction of sp³-hybridized carbons (Fsp3) is 0.333. The highest BCUT2D eigenvalue weighted by Crippen LogP contribution is 2.29. The molecule has 2 aromatic heterocycles. The lowest BCUT2D eigenvalue weighted by atomic mass is 10.1. The smallest absolute Gasteiger partial charge is 0.226 e. The van der Waals surface area contributed by atoms with Gasteiger partial charge in [-0.2, -0.15) is 4.98 Å². The minimum Gasteiger partial charge on any atom is -0.476 e. The summed E-state index contributed by atoms with van der Waals surface area (Å²) >= 11 is 0. The van der Waals surface area contributed by atoms with Crippen molar-refractivity contribution in [2.24, 2.45) is 0 Å². The molecule has 0 saturated carbocycles. The van der Waals surface area contributed by atoms with Crippen LogP contribution in [-0.2, 0) is 4.74 Å². The molecular formula is C18H20N4O3. The number of fused-ring (bicyclic) bond motifs is 1. The van der Waals surface area contributed by atoms with Gasteiger partial charge in [-0.25, -0.2) is 4.98 Å². The zero-order valence-electron chi connectivity index (χ0n) is 13.9. The van der Waals surface area contributed by atoms with Crippen LogP contribution < -0.4 is 10.5 Å².